The average molecular weight is 250 g/mol. The Kier molecular flexibility index (Phi) is 3.62. The minimum absolute atomic E-state index is 0.170. The number of halogens is 3. The fourth-order valence-electron chi connectivity index (χ4n) is 1.27. The van der Waals surface area contributed by atoms with Gasteiger partial charge in [-0.1, -0.05) is 6.07 Å². The van der Waals surface area contributed by atoms with E-state index in [-0.39, 0.29) is 5.56 Å². The van der Waals surface area contributed by atoms with Gasteiger partial charge in [0.05, 0.1) is 0 Å². The van der Waals surface area contributed by atoms with Gasteiger partial charge < -0.3 is 14.9 Å². The van der Waals surface area contributed by atoms with Crippen LogP contribution >= 0.6 is 0 Å². The van der Waals surface area contributed by atoms with Gasteiger partial charge in [0.2, 0.25) is 0 Å². The fraction of sp³-hybridized carbons (Fsp3) is 0.300. The highest BCUT2D eigenvalue weighted by Crippen LogP contribution is 2.27. The normalized spacial score (nSPS) is 13.2. The van der Waals surface area contributed by atoms with Gasteiger partial charge in [0.25, 0.3) is 0 Å². The number of aliphatic hydroxyl groups excluding tert-OH is 1. The molecule has 94 valence electrons. The first-order chi connectivity index (χ1) is 7.69. The van der Waals surface area contributed by atoms with Crippen molar-refractivity contribution in [3.8, 4) is 5.75 Å². The maximum Gasteiger partial charge on any atom is 0.573 e. The Balaban J connectivity index is 3.06. The lowest BCUT2D eigenvalue weighted by Gasteiger charge is -2.12. The maximum atomic E-state index is 12.0. The van der Waals surface area contributed by atoms with E-state index in [0.29, 0.717) is 5.56 Å². The summed E-state index contributed by atoms with van der Waals surface area (Å²) in [5.74, 6) is -2.11. The molecule has 1 aromatic rings. The fourth-order valence-corrected chi connectivity index (χ4v) is 1.27. The number of aryl methyl sites for hydroxylation is 1. The number of aliphatic carboxylic acids is 1. The quantitative estimate of drug-likeness (QED) is 0.861. The van der Waals surface area contributed by atoms with Crippen LogP contribution in [0.1, 0.15) is 17.2 Å². The van der Waals surface area contributed by atoms with Crippen LogP contribution in [0.5, 0.6) is 5.75 Å². The van der Waals surface area contributed by atoms with Gasteiger partial charge in [-0.2, -0.15) is 0 Å². The van der Waals surface area contributed by atoms with E-state index < -0.39 is 24.2 Å². The number of carbonyl (C=O) groups is 1. The monoisotopic (exact) mass is 250 g/mol. The molecule has 1 unspecified atom stereocenters. The topological polar surface area (TPSA) is 66.8 Å². The third-order valence-electron chi connectivity index (χ3n) is 1.86. The van der Waals surface area contributed by atoms with E-state index in [1.165, 1.54) is 13.0 Å². The molecule has 1 atom stereocenters. The molecular formula is C10H9F3O4. The summed E-state index contributed by atoms with van der Waals surface area (Å²) in [7, 11) is 0. The van der Waals surface area contributed by atoms with Crippen molar-refractivity contribution >= 4 is 5.97 Å². The molecule has 0 spiro atoms. The van der Waals surface area contributed by atoms with Crippen molar-refractivity contribution in [3.63, 3.8) is 0 Å². The van der Waals surface area contributed by atoms with Gasteiger partial charge in [0.15, 0.2) is 6.10 Å². The Hall–Kier alpha value is -1.76. The van der Waals surface area contributed by atoms with E-state index in [0.717, 1.165) is 12.1 Å². The second-order valence-electron chi connectivity index (χ2n) is 3.37. The molecule has 0 fully saturated rings. The molecule has 4 nitrogen and oxygen atoms in total. The van der Waals surface area contributed by atoms with Crippen molar-refractivity contribution in [2.75, 3.05) is 0 Å². The predicted octanol–water partition coefficient (Wildman–Crippen LogP) is 2.01. The van der Waals surface area contributed by atoms with Crippen LogP contribution in [0.4, 0.5) is 13.2 Å². The Labute approximate surface area is 94.3 Å². The van der Waals surface area contributed by atoms with Crippen molar-refractivity contribution in [2.45, 2.75) is 19.4 Å². The van der Waals surface area contributed by atoms with Crippen LogP contribution in [0.25, 0.3) is 0 Å². The lowest BCUT2D eigenvalue weighted by molar-refractivity contribution is -0.274. The Bertz CT molecular complexity index is 428. The highest BCUT2D eigenvalue weighted by Gasteiger charge is 2.31. The van der Waals surface area contributed by atoms with Crippen LogP contribution in [-0.4, -0.2) is 22.5 Å². The molecule has 0 aromatic heterocycles. The molecule has 0 amide bonds. The number of carboxylic acids is 1. The largest absolute Gasteiger partial charge is 0.573 e. The molecule has 0 radical (unpaired) electrons. The van der Waals surface area contributed by atoms with Gasteiger partial charge in [-0.25, -0.2) is 4.79 Å². The number of carboxylic acid groups (broad SMARTS) is 1. The van der Waals surface area contributed by atoms with E-state index >= 15 is 0 Å². The SMILES string of the molecule is Cc1cc(OC(F)(F)F)cc(C(O)C(=O)O)c1. The lowest BCUT2D eigenvalue weighted by Crippen LogP contribution is -2.18. The number of hydrogen-bond acceptors (Lipinski definition) is 3. The van der Waals surface area contributed by atoms with E-state index in [2.05, 4.69) is 4.74 Å². The Morgan fingerprint density at radius 1 is 1.35 bits per heavy atom. The molecule has 0 saturated carbocycles. The highest BCUT2D eigenvalue weighted by atomic mass is 19.4. The molecule has 0 aliphatic rings. The molecule has 1 rings (SSSR count). The summed E-state index contributed by atoms with van der Waals surface area (Å²) in [6.07, 6.45) is -6.75. The van der Waals surface area contributed by atoms with Gasteiger partial charge in [0.1, 0.15) is 5.75 Å². The molecule has 0 saturated heterocycles. The van der Waals surface area contributed by atoms with Crippen molar-refractivity contribution in [3.05, 3.63) is 29.3 Å². The number of ether oxygens (including phenoxy) is 1. The van der Waals surface area contributed by atoms with Crippen molar-refractivity contribution in [1.82, 2.24) is 0 Å². The second-order valence-corrected chi connectivity index (χ2v) is 3.37. The number of aliphatic hydroxyl groups is 1. The van der Waals surface area contributed by atoms with E-state index in [1.807, 2.05) is 0 Å². The smallest absolute Gasteiger partial charge is 0.479 e. The maximum absolute atomic E-state index is 12.0. The summed E-state index contributed by atoms with van der Waals surface area (Å²) in [5, 5.41) is 17.7. The minimum Gasteiger partial charge on any atom is -0.479 e. The molecule has 1 aromatic carbocycles. The molecular weight excluding hydrogens is 241 g/mol. The predicted molar refractivity (Wildman–Crippen MR) is 50.5 cm³/mol. The van der Waals surface area contributed by atoms with Gasteiger partial charge in [0, 0.05) is 0 Å². The standard InChI is InChI=1S/C10H9F3O4/c1-5-2-6(8(14)9(15)16)4-7(3-5)17-10(11,12)13/h2-4,8,14H,1H3,(H,15,16). The highest BCUT2D eigenvalue weighted by molar-refractivity contribution is 5.74. The lowest BCUT2D eigenvalue weighted by atomic mass is 10.1. The zero-order valence-corrected chi connectivity index (χ0v) is 8.65. The van der Waals surface area contributed by atoms with E-state index in [1.54, 1.807) is 0 Å². The molecule has 0 bridgehead atoms. The zero-order valence-electron chi connectivity index (χ0n) is 8.65. The first-order valence-electron chi connectivity index (χ1n) is 4.47. The van der Waals surface area contributed by atoms with Crippen molar-refractivity contribution in [2.24, 2.45) is 0 Å². The second kappa shape index (κ2) is 4.62. The first kappa shape index (κ1) is 13.3. The van der Waals surface area contributed by atoms with Crippen molar-refractivity contribution < 1.29 is 32.9 Å². The van der Waals surface area contributed by atoms with Crippen molar-refractivity contribution in [1.29, 1.82) is 0 Å². The summed E-state index contributed by atoms with van der Waals surface area (Å²) >= 11 is 0. The van der Waals surface area contributed by atoms with Gasteiger partial charge in [-0.15, -0.1) is 13.2 Å². The third-order valence-corrected chi connectivity index (χ3v) is 1.86. The third kappa shape index (κ3) is 3.95. The summed E-state index contributed by atoms with van der Waals surface area (Å²) in [6.45, 7) is 1.46. The van der Waals surface area contributed by atoms with Crippen LogP contribution in [-0.2, 0) is 4.79 Å². The molecule has 2 N–H and O–H groups in total. The van der Waals surface area contributed by atoms with Gasteiger partial charge >= 0.3 is 12.3 Å². The Morgan fingerprint density at radius 2 is 1.94 bits per heavy atom. The molecule has 0 aliphatic carbocycles. The number of alkyl halides is 3. The van der Waals surface area contributed by atoms with Crippen LogP contribution in [0.3, 0.4) is 0 Å². The van der Waals surface area contributed by atoms with Gasteiger partial charge in [-0.3, -0.25) is 0 Å². The first-order valence-corrected chi connectivity index (χ1v) is 4.47. The van der Waals surface area contributed by atoms with E-state index in [4.69, 9.17) is 5.11 Å². The van der Waals surface area contributed by atoms with Crippen LogP contribution < -0.4 is 4.74 Å². The van der Waals surface area contributed by atoms with Crippen LogP contribution in [0.15, 0.2) is 18.2 Å². The summed E-state index contributed by atoms with van der Waals surface area (Å²) in [4.78, 5) is 10.5. The molecule has 7 heteroatoms. The zero-order chi connectivity index (χ0) is 13.2. The number of hydrogen-bond donors (Lipinski definition) is 2. The minimum atomic E-state index is -4.86. The van der Waals surface area contributed by atoms with E-state index in [9.17, 15) is 23.1 Å². The molecule has 17 heavy (non-hydrogen) atoms. The molecule has 0 heterocycles. The molecule has 0 aliphatic heterocycles. The van der Waals surface area contributed by atoms with Gasteiger partial charge in [-0.05, 0) is 30.2 Å². The Morgan fingerprint density at radius 3 is 2.41 bits per heavy atom. The average Bonchev–Trinajstić information content (AvgIpc) is 2.12. The van der Waals surface area contributed by atoms with Crippen LogP contribution in [0, 0.1) is 6.92 Å². The summed E-state index contributed by atoms with van der Waals surface area (Å²) in [6, 6.07) is 3.19. The number of benzene rings is 1. The summed E-state index contributed by atoms with van der Waals surface area (Å²) in [5.41, 5.74) is 0.179. The summed E-state index contributed by atoms with van der Waals surface area (Å²) < 4.78 is 39.5. The number of rotatable bonds is 3. The van der Waals surface area contributed by atoms with Crippen LogP contribution in [0.2, 0.25) is 0 Å².